The summed E-state index contributed by atoms with van der Waals surface area (Å²) >= 11 is 0. The van der Waals surface area contributed by atoms with Crippen LogP contribution in [0.15, 0.2) is 41.6 Å². The molecule has 0 radical (unpaired) electrons. The molecule has 0 bridgehead atoms. The Balaban J connectivity index is 2.36. The Labute approximate surface area is 130 Å². The summed E-state index contributed by atoms with van der Waals surface area (Å²) in [5.41, 5.74) is 5.49. The van der Waals surface area contributed by atoms with Crippen LogP contribution in [-0.4, -0.2) is 37.4 Å². The molecule has 2 rings (SSSR count). The van der Waals surface area contributed by atoms with Gasteiger partial charge in [-0.2, -0.15) is 5.10 Å². The van der Waals surface area contributed by atoms with E-state index in [0.717, 1.165) is 0 Å². The zero-order chi connectivity index (χ0) is 16.4. The summed E-state index contributed by atoms with van der Waals surface area (Å²) in [7, 11) is -2.14. The zero-order valence-electron chi connectivity index (χ0n) is 12.8. The van der Waals surface area contributed by atoms with Crippen LogP contribution in [0.5, 0.6) is 5.75 Å². The van der Waals surface area contributed by atoms with Crippen LogP contribution in [0, 0.1) is 0 Å². The monoisotopic (exact) mass is 324 g/mol. The third-order valence-corrected chi connectivity index (χ3v) is 4.77. The van der Waals surface area contributed by atoms with Gasteiger partial charge in [0.15, 0.2) is 0 Å². The molecule has 3 N–H and O–H groups in total. The molecular weight excluding hydrogens is 304 g/mol. The largest absolute Gasteiger partial charge is 0.494 e. The smallest absolute Gasteiger partial charge is 0.244 e. The molecule has 0 aliphatic heterocycles. The molecule has 120 valence electrons. The topological polar surface area (TPSA) is 99.2 Å². The highest BCUT2D eigenvalue weighted by Crippen LogP contribution is 2.22. The molecule has 2 aromatic rings. The third-order valence-electron chi connectivity index (χ3n) is 3.12. The summed E-state index contributed by atoms with van der Waals surface area (Å²) in [5, 5.41) is 4.10. The number of rotatable bonds is 6. The van der Waals surface area contributed by atoms with Gasteiger partial charge in [0.2, 0.25) is 10.0 Å². The van der Waals surface area contributed by atoms with Crippen molar-refractivity contribution in [3.05, 3.63) is 36.7 Å². The van der Waals surface area contributed by atoms with Crippen molar-refractivity contribution < 1.29 is 13.2 Å². The molecule has 0 saturated heterocycles. The predicted molar refractivity (Wildman–Crippen MR) is 83.6 cm³/mol. The van der Waals surface area contributed by atoms with Gasteiger partial charge in [0.05, 0.1) is 19.5 Å². The Morgan fingerprint density at radius 3 is 2.68 bits per heavy atom. The lowest BCUT2D eigenvalue weighted by molar-refractivity contribution is 0.411. The van der Waals surface area contributed by atoms with E-state index in [-0.39, 0.29) is 11.4 Å². The number of nitrogens with two attached hydrogens (primary N) is 1. The second kappa shape index (κ2) is 6.07. The van der Waals surface area contributed by atoms with Crippen molar-refractivity contribution in [2.45, 2.75) is 24.3 Å². The van der Waals surface area contributed by atoms with E-state index in [1.54, 1.807) is 33.1 Å². The Morgan fingerprint density at radius 2 is 2.05 bits per heavy atom. The van der Waals surface area contributed by atoms with Crippen molar-refractivity contribution in [1.29, 1.82) is 0 Å². The lowest BCUT2D eigenvalue weighted by Crippen LogP contribution is -2.48. The van der Waals surface area contributed by atoms with Gasteiger partial charge >= 0.3 is 0 Å². The average Bonchev–Trinajstić information content (AvgIpc) is 2.97. The van der Waals surface area contributed by atoms with Gasteiger partial charge in [-0.1, -0.05) is 12.1 Å². The number of benzene rings is 1. The van der Waals surface area contributed by atoms with E-state index in [2.05, 4.69) is 9.82 Å². The second-order valence-electron chi connectivity index (χ2n) is 5.49. The van der Waals surface area contributed by atoms with Crippen LogP contribution in [-0.2, 0) is 10.0 Å². The summed E-state index contributed by atoms with van der Waals surface area (Å²) in [6, 6.07) is 7.22. The highest BCUT2D eigenvalue weighted by atomic mass is 32.2. The SMILES string of the molecule is COc1ccccc1-n1cc(S(=O)(=O)NC(C)(C)CN)cn1. The Morgan fingerprint density at radius 1 is 1.36 bits per heavy atom. The van der Waals surface area contributed by atoms with Crippen molar-refractivity contribution >= 4 is 10.0 Å². The maximum absolute atomic E-state index is 12.4. The summed E-state index contributed by atoms with van der Waals surface area (Å²) in [5.74, 6) is 0.602. The number of aromatic nitrogens is 2. The minimum Gasteiger partial charge on any atom is -0.494 e. The first kappa shape index (κ1) is 16.5. The van der Waals surface area contributed by atoms with Gasteiger partial charge in [-0.15, -0.1) is 0 Å². The number of nitrogens with zero attached hydrogens (tertiary/aromatic N) is 2. The zero-order valence-corrected chi connectivity index (χ0v) is 13.6. The average molecular weight is 324 g/mol. The van der Waals surface area contributed by atoms with Crippen LogP contribution in [0.2, 0.25) is 0 Å². The molecule has 7 nitrogen and oxygen atoms in total. The normalized spacial score (nSPS) is 12.4. The molecule has 0 spiro atoms. The molecule has 0 fully saturated rings. The van der Waals surface area contributed by atoms with Gasteiger partial charge in [-0.25, -0.2) is 17.8 Å². The van der Waals surface area contributed by atoms with Gasteiger partial charge in [0, 0.05) is 12.1 Å². The maximum atomic E-state index is 12.4. The fourth-order valence-electron chi connectivity index (χ4n) is 1.86. The van der Waals surface area contributed by atoms with Gasteiger partial charge in [-0.05, 0) is 26.0 Å². The number of sulfonamides is 1. The Hall–Kier alpha value is -1.90. The lowest BCUT2D eigenvalue weighted by atomic mass is 10.1. The van der Waals surface area contributed by atoms with Crippen molar-refractivity contribution in [3.8, 4) is 11.4 Å². The molecule has 1 heterocycles. The van der Waals surface area contributed by atoms with E-state index in [1.807, 2.05) is 12.1 Å². The maximum Gasteiger partial charge on any atom is 0.244 e. The first-order valence-corrected chi connectivity index (χ1v) is 8.19. The van der Waals surface area contributed by atoms with E-state index >= 15 is 0 Å². The van der Waals surface area contributed by atoms with Gasteiger partial charge in [-0.3, -0.25) is 0 Å². The molecule has 0 aliphatic rings. The van der Waals surface area contributed by atoms with Crippen LogP contribution >= 0.6 is 0 Å². The van der Waals surface area contributed by atoms with Crippen molar-refractivity contribution in [2.24, 2.45) is 5.73 Å². The third kappa shape index (κ3) is 3.46. The first-order valence-electron chi connectivity index (χ1n) is 6.71. The van der Waals surface area contributed by atoms with Gasteiger partial charge in [0.25, 0.3) is 0 Å². The second-order valence-corrected chi connectivity index (χ2v) is 7.17. The minimum absolute atomic E-state index is 0.0694. The van der Waals surface area contributed by atoms with Crippen LogP contribution < -0.4 is 15.2 Å². The summed E-state index contributed by atoms with van der Waals surface area (Å²) in [6.45, 7) is 3.62. The molecule has 0 atom stereocenters. The number of hydrogen-bond donors (Lipinski definition) is 2. The molecule has 8 heteroatoms. The molecule has 1 aromatic heterocycles. The van der Waals surface area contributed by atoms with Gasteiger partial charge in [0.1, 0.15) is 16.3 Å². The fraction of sp³-hybridized carbons (Fsp3) is 0.357. The fourth-order valence-corrected chi connectivity index (χ4v) is 3.21. The van der Waals surface area contributed by atoms with Crippen molar-refractivity contribution in [2.75, 3.05) is 13.7 Å². The van der Waals surface area contributed by atoms with Crippen LogP contribution in [0.3, 0.4) is 0 Å². The molecule has 0 aliphatic carbocycles. The van der Waals surface area contributed by atoms with Crippen LogP contribution in [0.25, 0.3) is 5.69 Å². The molecule has 0 unspecified atom stereocenters. The van der Waals surface area contributed by atoms with E-state index < -0.39 is 15.6 Å². The van der Waals surface area contributed by atoms with Crippen molar-refractivity contribution in [3.63, 3.8) is 0 Å². The number of para-hydroxylation sites is 2. The highest BCUT2D eigenvalue weighted by molar-refractivity contribution is 7.89. The summed E-state index contributed by atoms with van der Waals surface area (Å²) in [6.07, 6.45) is 2.73. The highest BCUT2D eigenvalue weighted by Gasteiger charge is 2.26. The summed E-state index contributed by atoms with van der Waals surface area (Å²) in [4.78, 5) is 0.0694. The number of methoxy groups -OCH3 is 1. The molecule has 22 heavy (non-hydrogen) atoms. The Bertz CT molecular complexity index is 753. The molecular formula is C14H20N4O3S. The van der Waals surface area contributed by atoms with Crippen LogP contribution in [0.4, 0.5) is 0 Å². The predicted octanol–water partition coefficient (Wildman–Crippen LogP) is 0.896. The van der Waals surface area contributed by atoms with E-state index in [0.29, 0.717) is 11.4 Å². The number of ether oxygens (including phenoxy) is 1. The number of nitrogens with one attached hydrogen (secondary N) is 1. The quantitative estimate of drug-likeness (QED) is 0.822. The van der Waals surface area contributed by atoms with Crippen molar-refractivity contribution in [1.82, 2.24) is 14.5 Å². The first-order chi connectivity index (χ1) is 10.3. The molecule has 0 amide bonds. The molecule has 0 saturated carbocycles. The van der Waals surface area contributed by atoms with E-state index in [4.69, 9.17) is 10.5 Å². The van der Waals surface area contributed by atoms with Crippen LogP contribution in [0.1, 0.15) is 13.8 Å². The van der Waals surface area contributed by atoms with Gasteiger partial charge < -0.3 is 10.5 Å². The summed E-state index contributed by atoms with van der Waals surface area (Å²) < 4.78 is 34.0. The lowest BCUT2D eigenvalue weighted by Gasteiger charge is -2.23. The van der Waals surface area contributed by atoms with E-state index in [1.165, 1.54) is 17.1 Å². The number of hydrogen-bond acceptors (Lipinski definition) is 5. The standard InChI is InChI=1S/C14H20N4O3S/c1-14(2,10-15)17-22(19,20)11-8-16-18(9-11)12-6-4-5-7-13(12)21-3/h4-9,17H,10,15H2,1-3H3. The molecule has 1 aromatic carbocycles. The Kier molecular flexibility index (Phi) is 4.55. The minimum atomic E-state index is -3.69. The van der Waals surface area contributed by atoms with E-state index in [9.17, 15) is 8.42 Å².